The first-order chi connectivity index (χ1) is 4.09. The Labute approximate surface area is 55.2 Å². The standard InChI is InChI=1S/C6H12NO2/c1-4(2)5(7)6(8)9-3/h4-5H,3,7H2,1-2H3/t5-/m0/s1. The van der Waals surface area contributed by atoms with E-state index in [4.69, 9.17) is 5.73 Å². The van der Waals surface area contributed by atoms with Crippen LogP contribution in [0.4, 0.5) is 0 Å². The first-order valence-corrected chi connectivity index (χ1v) is 2.81. The Hall–Kier alpha value is -0.570. The predicted octanol–water partition coefficient (Wildman–Crippen LogP) is 0.304. The van der Waals surface area contributed by atoms with Gasteiger partial charge in [0.05, 0.1) is 0 Å². The molecule has 0 bridgehead atoms. The molecule has 0 unspecified atom stereocenters. The van der Waals surface area contributed by atoms with E-state index < -0.39 is 12.0 Å². The third-order valence-electron chi connectivity index (χ3n) is 1.13. The lowest BCUT2D eigenvalue weighted by Crippen LogP contribution is -2.35. The molecule has 0 amide bonds. The fraction of sp³-hybridized carbons (Fsp3) is 0.667. The van der Waals surface area contributed by atoms with Gasteiger partial charge in [-0.05, 0) is 5.92 Å². The SMILES string of the molecule is [CH2]OC(=O)[C@@H](N)C(C)C. The molecule has 3 nitrogen and oxygen atoms in total. The van der Waals surface area contributed by atoms with Crippen LogP contribution in [-0.4, -0.2) is 12.0 Å². The summed E-state index contributed by atoms with van der Waals surface area (Å²) in [6, 6.07) is -0.539. The van der Waals surface area contributed by atoms with Crippen LogP contribution in [0.3, 0.4) is 0 Å². The number of carbonyl (C=O) groups is 1. The number of rotatable bonds is 2. The maximum atomic E-state index is 10.5. The second kappa shape index (κ2) is 3.45. The lowest BCUT2D eigenvalue weighted by molar-refractivity contribution is -0.140. The molecule has 0 aliphatic rings. The van der Waals surface area contributed by atoms with Gasteiger partial charge < -0.3 is 10.5 Å². The fourth-order valence-corrected chi connectivity index (χ4v) is 0.368. The molecule has 1 atom stereocenters. The van der Waals surface area contributed by atoms with Crippen LogP contribution < -0.4 is 5.73 Å². The minimum atomic E-state index is -0.539. The predicted molar refractivity (Wildman–Crippen MR) is 34.3 cm³/mol. The van der Waals surface area contributed by atoms with Crippen LogP contribution in [0.5, 0.6) is 0 Å². The van der Waals surface area contributed by atoms with E-state index in [2.05, 4.69) is 11.8 Å². The Morgan fingerprint density at radius 2 is 2.11 bits per heavy atom. The minimum absolute atomic E-state index is 0.110. The molecule has 1 radical (unpaired) electrons. The van der Waals surface area contributed by atoms with Crippen molar-refractivity contribution < 1.29 is 9.53 Å². The van der Waals surface area contributed by atoms with Gasteiger partial charge in [-0.3, -0.25) is 4.79 Å². The Morgan fingerprint density at radius 3 is 2.22 bits per heavy atom. The summed E-state index contributed by atoms with van der Waals surface area (Å²) in [5, 5.41) is 0. The topological polar surface area (TPSA) is 52.3 Å². The molecule has 9 heavy (non-hydrogen) atoms. The van der Waals surface area contributed by atoms with Crippen LogP contribution in [0.1, 0.15) is 13.8 Å². The molecule has 0 aromatic rings. The van der Waals surface area contributed by atoms with E-state index in [1.165, 1.54) is 0 Å². The Bertz CT molecular complexity index is 101. The highest BCUT2D eigenvalue weighted by Gasteiger charge is 2.16. The van der Waals surface area contributed by atoms with Crippen LogP contribution >= 0.6 is 0 Å². The summed E-state index contributed by atoms with van der Waals surface area (Å²) in [5.74, 6) is -0.343. The monoisotopic (exact) mass is 130 g/mol. The number of hydrogen-bond donors (Lipinski definition) is 1. The molecule has 0 aromatic heterocycles. The number of esters is 1. The summed E-state index contributed by atoms with van der Waals surface area (Å²) in [6.45, 7) is 3.70. The normalized spacial score (nSPS) is 13.4. The summed E-state index contributed by atoms with van der Waals surface area (Å²) in [5.41, 5.74) is 5.36. The summed E-state index contributed by atoms with van der Waals surface area (Å²) in [7, 11) is 2.96. The molecule has 0 heterocycles. The molecule has 0 rings (SSSR count). The first-order valence-electron chi connectivity index (χ1n) is 2.81. The molecule has 0 saturated heterocycles. The summed E-state index contributed by atoms with van der Waals surface area (Å²) >= 11 is 0. The molecule has 3 heteroatoms. The van der Waals surface area contributed by atoms with E-state index in [-0.39, 0.29) is 5.92 Å². The number of carbonyl (C=O) groups excluding carboxylic acids is 1. The zero-order valence-corrected chi connectivity index (χ0v) is 5.76. The number of nitrogens with two attached hydrogens (primary N) is 1. The third kappa shape index (κ3) is 2.46. The average Bonchev–Trinajstić information content (AvgIpc) is 1.84. The Morgan fingerprint density at radius 1 is 1.67 bits per heavy atom. The van der Waals surface area contributed by atoms with Gasteiger partial charge in [-0.25, -0.2) is 0 Å². The van der Waals surface area contributed by atoms with Crippen molar-refractivity contribution in [1.29, 1.82) is 0 Å². The van der Waals surface area contributed by atoms with Gasteiger partial charge in [0.2, 0.25) is 0 Å². The highest BCUT2D eigenvalue weighted by atomic mass is 16.5. The van der Waals surface area contributed by atoms with Crippen molar-refractivity contribution in [3.63, 3.8) is 0 Å². The van der Waals surface area contributed by atoms with Gasteiger partial charge >= 0.3 is 5.97 Å². The van der Waals surface area contributed by atoms with Crippen molar-refractivity contribution in [2.45, 2.75) is 19.9 Å². The van der Waals surface area contributed by atoms with Crippen molar-refractivity contribution in [1.82, 2.24) is 0 Å². The van der Waals surface area contributed by atoms with Gasteiger partial charge in [-0.15, -0.1) is 0 Å². The van der Waals surface area contributed by atoms with E-state index in [9.17, 15) is 4.79 Å². The quantitative estimate of drug-likeness (QED) is 0.547. The smallest absolute Gasteiger partial charge is 0.323 e. The Kier molecular flexibility index (Phi) is 3.24. The second-order valence-corrected chi connectivity index (χ2v) is 2.23. The molecule has 0 aliphatic carbocycles. The van der Waals surface area contributed by atoms with Crippen molar-refractivity contribution in [3.05, 3.63) is 7.11 Å². The van der Waals surface area contributed by atoms with Crippen molar-refractivity contribution in [2.24, 2.45) is 11.7 Å². The lowest BCUT2D eigenvalue weighted by Gasteiger charge is -2.11. The van der Waals surface area contributed by atoms with E-state index in [0.29, 0.717) is 0 Å². The maximum absolute atomic E-state index is 10.5. The van der Waals surface area contributed by atoms with E-state index in [0.717, 1.165) is 0 Å². The zero-order chi connectivity index (χ0) is 7.44. The van der Waals surface area contributed by atoms with Crippen molar-refractivity contribution in [2.75, 3.05) is 0 Å². The molecule has 53 valence electrons. The van der Waals surface area contributed by atoms with E-state index in [1.807, 2.05) is 13.8 Å². The number of hydrogen-bond acceptors (Lipinski definition) is 3. The van der Waals surface area contributed by atoms with E-state index in [1.54, 1.807) is 0 Å². The number of ether oxygens (including phenoxy) is 1. The van der Waals surface area contributed by atoms with Gasteiger partial charge in [0.15, 0.2) is 0 Å². The summed E-state index contributed by atoms with van der Waals surface area (Å²) < 4.78 is 4.16. The lowest BCUT2D eigenvalue weighted by atomic mass is 10.1. The zero-order valence-electron chi connectivity index (χ0n) is 5.76. The highest BCUT2D eigenvalue weighted by molar-refractivity contribution is 5.75. The van der Waals surface area contributed by atoms with Crippen molar-refractivity contribution in [3.8, 4) is 0 Å². The summed E-state index contributed by atoms with van der Waals surface area (Å²) in [6.07, 6.45) is 0. The van der Waals surface area contributed by atoms with Crippen LogP contribution in [0, 0.1) is 13.0 Å². The largest absolute Gasteiger partial charge is 0.461 e. The van der Waals surface area contributed by atoms with Gasteiger partial charge in [-0.1, -0.05) is 13.8 Å². The van der Waals surface area contributed by atoms with Crippen LogP contribution in [0.15, 0.2) is 0 Å². The first kappa shape index (κ1) is 8.43. The molecule has 0 aliphatic heterocycles. The van der Waals surface area contributed by atoms with Crippen molar-refractivity contribution >= 4 is 5.97 Å². The molecule has 0 fully saturated rings. The fourth-order valence-electron chi connectivity index (χ4n) is 0.368. The second-order valence-electron chi connectivity index (χ2n) is 2.23. The van der Waals surface area contributed by atoms with Gasteiger partial charge in [-0.2, -0.15) is 0 Å². The molecular weight excluding hydrogens is 118 g/mol. The van der Waals surface area contributed by atoms with Crippen LogP contribution in [-0.2, 0) is 9.53 Å². The molecule has 0 aromatic carbocycles. The molecule has 2 N–H and O–H groups in total. The highest BCUT2D eigenvalue weighted by Crippen LogP contribution is 1.98. The van der Waals surface area contributed by atoms with E-state index >= 15 is 0 Å². The van der Waals surface area contributed by atoms with Gasteiger partial charge in [0.1, 0.15) is 13.2 Å². The molecule has 0 saturated carbocycles. The molecular formula is C6H12NO2. The van der Waals surface area contributed by atoms with Crippen LogP contribution in [0.25, 0.3) is 0 Å². The third-order valence-corrected chi connectivity index (χ3v) is 1.13. The summed E-state index contributed by atoms with van der Waals surface area (Å²) in [4.78, 5) is 10.5. The average molecular weight is 130 g/mol. The molecule has 0 spiro atoms. The van der Waals surface area contributed by atoms with Gasteiger partial charge in [0.25, 0.3) is 0 Å². The maximum Gasteiger partial charge on any atom is 0.323 e. The minimum Gasteiger partial charge on any atom is -0.461 e. The van der Waals surface area contributed by atoms with Crippen LogP contribution in [0.2, 0.25) is 0 Å². The van der Waals surface area contributed by atoms with Gasteiger partial charge in [0, 0.05) is 0 Å². The Balaban J connectivity index is 3.72.